The van der Waals surface area contributed by atoms with Crippen molar-refractivity contribution in [3.8, 4) is 6.07 Å². The zero-order valence-corrected chi connectivity index (χ0v) is 21.3. The molecule has 0 radical (unpaired) electrons. The van der Waals surface area contributed by atoms with Gasteiger partial charge in [-0.2, -0.15) is 10.4 Å². The minimum Gasteiger partial charge on any atom is -0.364 e. The molecule has 3 atom stereocenters. The van der Waals surface area contributed by atoms with Gasteiger partial charge in [-0.3, -0.25) is 14.4 Å². The lowest BCUT2D eigenvalue weighted by atomic mass is 9.99. The SMILES string of the molecule is CC[C@H]1CN([C@H](C)c2ncc(Cl)n2CC)[C@H](CC)CN1c1cc(=O)n(C)c2cn(CC#N)nc12. The first-order valence-electron chi connectivity index (χ1n) is 12.0. The standard InChI is InChI=1S/C24H33ClN8O/c1-6-17-14-33(19-11-22(34)29(5)20-15-30(10-9-26)28-23(19)20)18(7-2)13-32(17)16(4)24-27-12-21(25)31(24)8-3/h11-12,15-18H,6-8,10,13-14H2,1-5H3/t16-,17-,18+/m1/s1. The van der Waals surface area contributed by atoms with Crippen molar-refractivity contribution in [1.29, 1.82) is 5.26 Å². The topological polar surface area (TPSA) is 87.9 Å². The summed E-state index contributed by atoms with van der Waals surface area (Å²) in [7, 11) is 1.75. The molecular formula is C24H33ClN8O. The molecule has 0 spiro atoms. The molecule has 0 N–H and O–H groups in total. The lowest BCUT2D eigenvalue weighted by Crippen LogP contribution is -2.59. The molecule has 1 aliphatic heterocycles. The normalized spacial score (nSPS) is 20.1. The van der Waals surface area contributed by atoms with E-state index in [1.807, 2.05) is 0 Å². The van der Waals surface area contributed by atoms with Gasteiger partial charge in [-0.05, 0) is 26.7 Å². The number of imidazole rings is 1. The zero-order chi connectivity index (χ0) is 24.6. The number of fused-ring (bicyclic) bond motifs is 1. The average Bonchev–Trinajstić information content (AvgIpc) is 3.43. The van der Waals surface area contributed by atoms with E-state index in [1.54, 1.807) is 34.8 Å². The van der Waals surface area contributed by atoms with E-state index < -0.39 is 0 Å². The Hall–Kier alpha value is -2.83. The van der Waals surface area contributed by atoms with Crippen LogP contribution < -0.4 is 10.5 Å². The number of aromatic nitrogens is 5. The lowest BCUT2D eigenvalue weighted by Gasteiger charge is -2.49. The quantitative estimate of drug-likeness (QED) is 0.509. The van der Waals surface area contributed by atoms with Crippen molar-refractivity contribution in [2.75, 3.05) is 18.0 Å². The van der Waals surface area contributed by atoms with E-state index in [0.29, 0.717) is 5.15 Å². The number of nitriles is 1. The van der Waals surface area contributed by atoms with Crippen molar-refractivity contribution in [2.45, 2.75) is 71.8 Å². The van der Waals surface area contributed by atoms with Crippen LogP contribution in [0.5, 0.6) is 0 Å². The predicted octanol–water partition coefficient (Wildman–Crippen LogP) is 3.57. The molecule has 0 amide bonds. The molecule has 4 rings (SSSR count). The van der Waals surface area contributed by atoms with Crippen LogP contribution in [-0.2, 0) is 20.1 Å². The van der Waals surface area contributed by atoms with Crippen LogP contribution in [0.1, 0.15) is 52.4 Å². The molecule has 0 unspecified atom stereocenters. The third kappa shape index (κ3) is 4.10. The van der Waals surface area contributed by atoms with Gasteiger partial charge in [0.1, 0.15) is 23.0 Å². The number of aryl methyl sites for hydroxylation is 1. The summed E-state index contributed by atoms with van der Waals surface area (Å²) < 4.78 is 5.28. The summed E-state index contributed by atoms with van der Waals surface area (Å²) in [6.07, 6.45) is 5.42. The molecule has 0 bridgehead atoms. The Bertz CT molecular complexity index is 1270. The van der Waals surface area contributed by atoms with E-state index in [-0.39, 0.29) is 30.2 Å². The summed E-state index contributed by atoms with van der Waals surface area (Å²) in [5.74, 6) is 0.987. The van der Waals surface area contributed by atoms with Gasteiger partial charge in [0, 0.05) is 44.8 Å². The second-order valence-corrected chi connectivity index (χ2v) is 9.37. The minimum absolute atomic E-state index is 0.0719. The van der Waals surface area contributed by atoms with Crippen LogP contribution in [0.3, 0.4) is 0 Å². The second-order valence-electron chi connectivity index (χ2n) is 8.98. The molecule has 0 aliphatic carbocycles. The highest BCUT2D eigenvalue weighted by Crippen LogP contribution is 2.34. The van der Waals surface area contributed by atoms with Gasteiger partial charge in [0.05, 0.1) is 35.7 Å². The highest BCUT2D eigenvalue weighted by Gasteiger charge is 2.37. The summed E-state index contributed by atoms with van der Waals surface area (Å²) in [4.78, 5) is 22.4. The number of pyridine rings is 1. The first-order chi connectivity index (χ1) is 16.3. The summed E-state index contributed by atoms with van der Waals surface area (Å²) in [5, 5.41) is 14.5. The van der Waals surface area contributed by atoms with Gasteiger partial charge in [0.25, 0.3) is 5.56 Å². The third-order valence-corrected chi connectivity index (χ3v) is 7.49. The molecular weight excluding hydrogens is 452 g/mol. The minimum atomic E-state index is -0.0719. The van der Waals surface area contributed by atoms with Crippen LogP contribution in [0.2, 0.25) is 5.15 Å². The van der Waals surface area contributed by atoms with E-state index in [1.165, 1.54) is 0 Å². The zero-order valence-electron chi connectivity index (χ0n) is 20.6. The van der Waals surface area contributed by atoms with Crippen molar-refractivity contribution in [1.82, 2.24) is 28.8 Å². The Morgan fingerprint density at radius 1 is 1.24 bits per heavy atom. The monoisotopic (exact) mass is 484 g/mol. The van der Waals surface area contributed by atoms with Gasteiger partial charge in [-0.15, -0.1) is 0 Å². The first kappa shape index (κ1) is 24.3. The number of rotatable bonds is 7. The van der Waals surface area contributed by atoms with Gasteiger partial charge in [0.2, 0.25) is 0 Å². The van der Waals surface area contributed by atoms with E-state index in [4.69, 9.17) is 16.9 Å². The molecule has 3 aromatic heterocycles. The maximum Gasteiger partial charge on any atom is 0.252 e. The summed E-state index contributed by atoms with van der Waals surface area (Å²) in [6, 6.07) is 4.44. The third-order valence-electron chi connectivity index (χ3n) is 7.19. The Morgan fingerprint density at radius 2 is 1.97 bits per heavy atom. The maximum atomic E-state index is 12.8. The molecule has 1 fully saturated rings. The van der Waals surface area contributed by atoms with E-state index in [2.05, 4.69) is 58.2 Å². The van der Waals surface area contributed by atoms with Crippen LogP contribution in [0.4, 0.5) is 5.69 Å². The Labute approximate surface area is 205 Å². The van der Waals surface area contributed by atoms with Crippen LogP contribution in [0.15, 0.2) is 23.3 Å². The maximum absolute atomic E-state index is 12.8. The van der Waals surface area contributed by atoms with Gasteiger partial charge < -0.3 is 14.0 Å². The molecule has 4 heterocycles. The Kier molecular flexibility index (Phi) is 7.01. The smallest absolute Gasteiger partial charge is 0.252 e. The summed E-state index contributed by atoms with van der Waals surface area (Å²) in [5.41, 5.74) is 2.29. The number of halogens is 1. The molecule has 10 heteroatoms. The Morgan fingerprint density at radius 3 is 2.62 bits per heavy atom. The van der Waals surface area contributed by atoms with Crippen LogP contribution in [0.25, 0.3) is 11.0 Å². The van der Waals surface area contributed by atoms with E-state index >= 15 is 0 Å². The van der Waals surface area contributed by atoms with Crippen LogP contribution >= 0.6 is 11.6 Å². The molecule has 1 aliphatic rings. The van der Waals surface area contributed by atoms with E-state index in [0.717, 1.165) is 55.0 Å². The van der Waals surface area contributed by atoms with Crippen LogP contribution in [-0.4, -0.2) is 54.0 Å². The number of anilines is 1. The second kappa shape index (κ2) is 9.80. The average molecular weight is 485 g/mol. The highest BCUT2D eigenvalue weighted by molar-refractivity contribution is 6.29. The molecule has 0 aromatic carbocycles. The largest absolute Gasteiger partial charge is 0.364 e. The van der Waals surface area contributed by atoms with Crippen LogP contribution in [0, 0.1) is 11.3 Å². The first-order valence-corrected chi connectivity index (χ1v) is 12.4. The predicted molar refractivity (Wildman–Crippen MR) is 134 cm³/mol. The van der Waals surface area contributed by atoms with Gasteiger partial charge in [0.15, 0.2) is 0 Å². The van der Waals surface area contributed by atoms with Crippen molar-refractivity contribution < 1.29 is 0 Å². The molecule has 9 nitrogen and oxygen atoms in total. The number of hydrogen-bond acceptors (Lipinski definition) is 6. The van der Waals surface area contributed by atoms with Gasteiger partial charge >= 0.3 is 0 Å². The van der Waals surface area contributed by atoms with Gasteiger partial charge in [-0.1, -0.05) is 25.4 Å². The Balaban J connectivity index is 1.73. The molecule has 1 saturated heterocycles. The number of hydrogen-bond donors (Lipinski definition) is 0. The summed E-state index contributed by atoms with van der Waals surface area (Å²) in [6.45, 7) is 11.2. The fraction of sp³-hybridized carbons (Fsp3) is 0.583. The number of piperazine rings is 1. The lowest BCUT2D eigenvalue weighted by molar-refractivity contribution is 0.0951. The van der Waals surface area contributed by atoms with Crippen molar-refractivity contribution in [3.05, 3.63) is 39.8 Å². The van der Waals surface area contributed by atoms with Gasteiger partial charge in [-0.25, -0.2) is 4.98 Å². The molecule has 34 heavy (non-hydrogen) atoms. The fourth-order valence-corrected chi connectivity index (χ4v) is 5.48. The van der Waals surface area contributed by atoms with Crippen molar-refractivity contribution >= 4 is 28.3 Å². The van der Waals surface area contributed by atoms with Crippen molar-refractivity contribution in [2.24, 2.45) is 7.05 Å². The molecule has 3 aromatic rings. The number of nitrogens with zero attached hydrogens (tertiary/aromatic N) is 8. The summed E-state index contributed by atoms with van der Waals surface area (Å²) >= 11 is 6.38. The molecule has 0 saturated carbocycles. The van der Waals surface area contributed by atoms with Crippen molar-refractivity contribution in [3.63, 3.8) is 0 Å². The highest BCUT2D eigenvalue weighted by atomic mass is 35.5. The van der Waals surface area contributed by atoms with E-state index in [9.17, 15) is 4.79 Å². The fourth-order valence-electron chi connectivity index (χ4n) is 5.23. The molecule has 182 valence electrons.